The summed E-state index contributed by atoms with van der Waals surface area (Å²) in [4.78, 5) is 10.8. The normalized spacial score (nSPS) is 12.7. The maximum absolute atomic E-state index is 10.8. The van der Waals surface area contributed by atoms with Crippen LogP contribution in [0.2, 0.25) is 0 Å². The van der Waals surface area contributed by atoms with Crippen molar-refractivity contribution in [3.8, 4) is 22.8 Å². The number of ether oxygens (including phenoxy) is 2. The first-order chi connectivity index (χ1) is 8.66. The monoisotopic (exact) mass is 247 g/mol. The summed E-state index contributed by atoms with van der Waals surface area (Å²) in [5.41, 5.74) is 1.43. The first-order valence-corrected chi connectivity index (χ1v) is 5.26. The lowest BCUT2D eigenvalue weighted by atomic mass is 10.0. The summed E-state index contributed by atoms with van der Waals surface area (Å²) in [6.45, 7) is 2.02. The Morgan fingerprint density at radius 1 is 1.39 bits per heavy atom. The van der Waals surface area contributed by atoms with E-state index in [1.165, 1.54) is 6.07 Å². The summed E-state index contributed by atoms with van der Waals surface area (Å²) in [5, 5.41) is 12.3. The van der Waals surface area contributed by atoms with Gasteiger partial charge in [0.25, 0.3) is 0 Å². The highest BCUT2D eigenvalue weighted by Gasteiger charge is 2.24. The molecule has 6 heteroatoms. The van der Waals surface area contributed by atoms with Crippen molar-refractivity contribution in [3.63, 3.8) is 0 Å². The highest BCUT2D eigenvalue weighted by molar-refractivity contribution is 5.87. The smallest absolute Gasteiger partial charge is 0.358 e. The number of carboxylic acids is 1. The Morgan fingerprint density at radius 2 is 2.22 bits per heavy atom. The van der Waals surface area contributed by atoms with Gasteiger partial charge in [-0.3, -0.25) is 0 Å². The highest BCUT2D eigenvalue weighted by atomic mass is 16.7. The standard InChI is InChI=1S/C12H9NO5/c1-6-2-3-8-11(17-5-16-8)10(6)9-4-7(12(14)15)13-18-9/h2-4H,5H2,1H3,(H,14,15). The molecule has 0 aliphatic carbocycles. The molecule has 0 bridgehead atoms. The molecule has 0 saturated carbocycles. The molecule has 1 aromatic carbocycles. The predicted molar refractivity (Wildman–Crippen MR) is 59.8 cm³/mol. The zero-order valence-electron chi connectivity index (χ0n) is 9.47. The van der Waals surface area contributed by atoms with Crippen LogP contribution in [0.1, 0.15) is 16.1 Å². The van der Waals surface area contributed by atoms with Crippen molar-refractivity contribution >= 4 is 5.97 Å². The lowest BCUT2D eigenvalue weighted by Crippen LogP contribution is -1.95. The lowest BCUT2D eigenvalue weighted by molar-refractivity contribution is 0.0686. The van der Waals surface area contributed by atoms with Crippen LogP contribution in [-0.2, 0) is 0 Å². The second-order valence-electron chi connectivity index (χ2n) is 3.87. The maximum atomic E-state index is 10.8. The van der Waals surface area contributed by atoms with Gasteiger partial charge in [0.05, 0.1) is 5.56 Å². The molecule has 0 fully saturated rings. The highest BCUT2D eigenvalue weighted by Crippen LogP contribution is 2.43. The van der Waals surface area contributed by atoms with Crippen molar-refractivity contribution in [1.82, 2.24) is 5.16 Å². The zero-order chi connectivity index (χ0) is 12.7. The van der Waals surface area contributed by atoms with Gasteiger partial charge in [0.1, 0.15) is 0 Å². The summed E-state index contributed by atoms with van der Waals surface area (Å²) < 4.78 is 15.7. The minimum absolute atomic E-state index is 0.138. The van der Waals surface area contributed by atoms with E-state index in [0.29, 0.717) is 22.8 Å². The average molecular weight is 247 g/mol. The van der Waals surface area contributed by atoms with Gasteiger partial charge in [0, 0.05) is 6.07 Å². The summed E-state index contributed by atoms with van der Waals surface area (Å²) in [6, 6.07) is 5.02. The Balaban J connectivity index is 2.16. The number of fused-ring (bicyclic) bond motifs is 1. The van der Waals surface area contributed by atoms with Crippen LogP contribution in [0, 0.1) is 6.92 Å². The Labute approximate surface area is 102 Å². The molecule has 0 saturated heterocycles. The molecule has 1 aliphatic heterocycles. The van der Waals surface area contributed by atoms with Crippen molar-refractivity contribution < 1.29 is 23.9 Å². The minimum atomic E-state index is -1.13. The minimum Gasteiger partial charge on any atom is -0.476 e. The van der Waals surface area contributed by atoms with Gasteiger partial charge in [-0.1, -0.05) is 11.2 Å². The van der Waals surface area contributed by atoms with E-state index in [9.17, 15) is 4.79 Å². The Bertz CT molecular complexity index is 631. The number of benzene rings is 1. The molecule has 0 atom stereocenters. The number of carbonyl (C=O) groups is 1. The average Bonchev–Trinajstić information content (AvgIpc) is 2.95. The first kappa shape index (κ1) is 10.6. The van der Waals surface area contributed by atoms with Gasteiger partial charge in [0.15, 0.2) is 23.0 Å². The van der Waals surface area contributed by atoms with Gasteiger partial charge >= 0.3 is 5.97 Å². The predicted octanol–water partition coefficient (Wildman–Crippen LogP) is 2.08. The van der Waals surface area contributed by atoms with E-state index >= 15 is 0 Å². The molecular weight excluding hydrogens is 238 g/mol. The van der Waals surface area contributed by atoms with E-state index in [4.69, 9.17) is 19.1 Å². The van der Waals surface area contributed by atoms with Crippen LogP contribution in [0.15, 0.2) is 22.7 Å². The van der Waals surface area contributed by atoms with E-state index in [-0.39, 0.29) is 12.5 Å². The number of hydrogen-bond acceptors (Lipinski definition) is 5. The number of aryl methyl sites for hydroxylation is 1. The van der Waals surface area contributed by atoms with E-state index in [2.05, 4.69) is 5.16 Å². The van der Waals surface area contributed by atoms with Gasteiger partial charge < -0.3 is 19.1 Å². The van der Waals surface area contributed by atoms with Gasteiger partial charge in [-0.05, 0) is 18.6 Å². The van der Waals surface area contributed by atoms with Crippen LogP contribution in [-0.4, -0.2) is 23.0 Å². The zero-order valence-corrected chi connectivity index (χ0v) is 9.47. The van der Waals surface area contributed by atoms with Crippen molar-refractivity contribution in [2.24, 2.45) is 0 Å². The summed E-state index contributed by atoms with van der Waals surface area (Å²) in [5.74, 6) is 0.395. The first-order valence-electron chi connectivity index (χ1n) is 5.26. The van der Waals surface area contributed by atoms with Gasteiger partial charge in [0.2, 0.25) is 6.79 Å². The van der Waals surface area contributed by atoms with Gasteiger partial charge in [-0.2, -0.15) is 0 Å². The van der Waals surface area contributed by atoms with E-state index in [0.717, 1.165) is 5.56 Å². The van der Waals surface area contributed by atoms with Crippen LogP contribution in [0.4, 0.5) is 0 Å². The lowest BCUT2D eigenvalue weighted by Gasteiger charge is -2.05. The number of nitrogens with zero attached hydrogens (tertiary/aromatic N) is 1. The number of hydrogen-bond donors (Lipinski definition) is 1. The van der Waals surface area contributed by atoms with Gasteiger partial charge in [-0.15, -0.1) is 0 Å². The van der Waals surface area contributed by atoms with Crippen LogP contribution >= 0.6 is 0 Å². The van der Waals surface area contributed by atoms with Crippen molar-refractivity contribution in [1.29, 1.82) is 0 Å². The molecule has 6 nitrogen and oxygen atoms in total. The van der Waals surface area contributed by atoms with Crippen molar-refractivity contribution in [2.75, 3.05) is 6.79 Å². The molecule has 1 N–H and O–H groups in total. The third-order valence-corrected chi connectivity index (χ3v) is 2.72. The SMILES string of the molecule is Cc1ccc2c(c1-c1cc(C(=O)O)no1)OCO2. The quantitative estimate of drug-likeness (QED) is 0.874. The molecule has 0 amide bonds. The van der Waals surface area contributed by atoms with Crippen LogP contribution in [0.25, 0.3) is 11.3 Å². The molecule has 2 heterocycles. The third-order valence-electron chi connectivity index (χ3n) is 2.72. The van der Waals surface area contributed by atoms with E-state index in [1.807, 2.05) is 13.0 Å². The Hall–Kier alpha value is -2.50. The second-order valence-corrected chi connectivity index (χ2v) is 3.87. The maximum Gasteiger partial charge on any atom is 0.358 e. The molecule has 3 rings (SSSR count). The van der Waals surface area contributed by atoms with E-state index in [1.54, 1.807) is 6.07 Å². The molecule has 1 aliphatic rings. The summed E-state index contributed by atoms with van der Waals surface area (Å²) in [7, 11) is 0. The topological polar surface area (TPSA) is 81.8 Å². The van der Waals surface area contributed by atoms with Crippen molar-refractivity contribution in [3.05, 3.63) is 29.5 Å². The van der Waals surface area contributed by atoms with Crippen LogP contribution < -0.4 is 9.47 Å². The molecule has 0 radical (unpaired) electrons. The number of aromatic carboxylic acids is 1. The molecule has 2 aromatic rings. The second kappa shape index (κ2) is 3.76. The fourth-order valence-electron chi connectivity index (χ4n) is 1.87. The van der Waals surface area contributed by atoms with Crippen molar-refractivity contribution in [2.45, 2.75) is 6.92 Å². The van der Waals surface area contributed by atoms with Crippen LogP contribution in [0.3, 0.4) is 0 Å². The molecular formula is C12H9NO5. The molecule has 92 valence electrons. The molecule has 0 unspecified atom stereocenters. The molecule has 0 spiro atoms. The molecule has 18 heavy (non-hydrogen) atoms. The molecule has 1 aromatic heterocycles. The van der Waals surface area contributed by atoms with E-state index < -0.39 is 5.97 Å². The third kappa shape index (κ3) is 1.50. The summed E-state index contributed by atoms with van der Waals surface area (Å²) in [6.07, 6.45) is 0. The summed E-state index contributed by atoms with van der Waals surface area (Å²) >= 11 is 0. The largest absolute Gasteiger partial charge is 0.476 e. The van der Waals surface area contributed by atoms with Crippen LogP contribution in [0.5, 0.6) is 11.5 Å². The number of aromatic nitrogens is 1. The Kier molecular flexibility index (Phi) is 2.22. The van der Waals surface area contributed by atoms with Gasteiger partial charge in [-0.25, -0.2) is 4.79 Å². The number of carboxylic acid groups (broad SMARTS) is 1. The number of rotatable bonds is 2. The fourth-order valence-corrected chi connectivity index (χ4v) is 1.87. The Morgan fingerprint density at radius 3 is 2.94 bits per heavy atom. The fraction of sp³-hybridized carbons (Fsp3) is 0.167.